The Balaban J connectivity index is 1.86. The average molecular weight is 380 g/mol. The van der Waals surface area contributed by atoms with Gasteiger partial charge in [0.1, 0.15) is 0 Å². The van der Waals surface area contributed by atoms with Gasteiger partial charge < -0.3 is 21.3 Å². The minimum Gasteiger partial charge on any atom is -0.354 e. The molecule has 0 bridgehead atoms. The number of carbonyl (C=O) groups excluding carboxylic acids is 2. The van der Waals surface area contributed by atoms with Gasteiger partial charge in [0.25, 0.3) is 0 Å². The van der Waals surface area contributed by atoms with Crippen molar-refractivity contribution in [3.05, 3.63) is 71.8 Å². The predicted octanol–water partition coefficient (Wildman–Crippen LogP) is 1.67. The third-order valence-electron chi connectivity index (χ3n) is 4.85. The smallest absolute Gasteiger partial charge is 0.221 e. The summed E-state index contributed by atoms with van der Waals surface area (Å²) in [6.07, 6.45) is 0.775. The highest BCUT2D eigenvalue weighted by Gasteiger charge is 2.24. The van der Waals surface area contributed by atoms with E-state index in [0.717, 1.165) is 11.1 Å². The lowest BCUT2D eigenvalue weighted by Crippen LogP contribution is -2.41. The lowest BCUT2D eigenvalue weighted by molar-refractivity contribution is -0.122. The summed E-state index contributed by atoms with van der Waals surface area (Å²) in [4.78, 5) is 24.1. The zero-order valence-electron chi connectivity index (χ0n) is 16.0. The Hall–Kier alpha value is -2.70. The van der Waals surface area contributed by atoms with Crippen molar-refractivity contribution in [2.24, 2.45) is 0 Å². The maximum atomic E-state index is 12.0. The molecule has 1 fully saturated rings. The van der Waals surface area contributed by atoms with E-state index in [4.69, 9.17) is 0 Å². The average Bonchev–Trinajstić information content (AvgIpc) is 2.73. The van der Waals surface area contributed by atoms with E-state index in [0.29, 0.717) is 39.0 Å². The largest absolute Gasteiger partial charge is 0.354 e. The van der Waals surface area contributed by atoms with E-state index < -0.39 is 0 Å². The van der Waals surface area contributed by atoms with Gasteiger partial charge in [-0.15, -0.1) is 0 Å². The molecule has 2 aromatic carbocycles. The van der Waals surface area contributed by atoms with Crippen LogP contribution >= 0.6 is 0 Å². The number of carbonyl (C=O) groups is 2. The highest BCUT2D eigenvalue weighted by atomic mass is 16.2. The van der Waals surface area contributed by atoms with Crippen LogP contribution in [0.3, 0.4) is 0 Å². The molecule has 0 radical (unpaired) electrons. The normalized spacial score (nSPS) is 22.6. The Morgan fingerprint density at radius 3 is 1.36 bits per heavy atom. The van der Waals surface area contributed by atoms with Crippen molar-refractivity contribution in [3.8, 4) is 0 Å². The Morgan fingerprint density at radius 1 is 0.571 bits per heavy atom. The second kappa shape index (κ2) is 10.6. The molecule has 6 heteroatoms. The maximum absolute atomic E-state index is 12.0. The summed E-state index contributed by atoms with van der Waals surface area (Å²) >= 11 is 0. The van der Waals surface area contributed by atoms with Gasteiger partial charge in [-0.2, -0.15) is 0 Å². The number of benzene rings is 2. The van der Waals surface area contributed by atoms with E-state index in [1.807, 2.05) is 36.4 Å². The fourth-order valence-electron chi connectivity index (χ4n) is 3.44. The monoisotopic (exact) mass is 380 g/mol. The van der Waals surface area contributed by atoms with Crippen molar-refractivity contribution in [3.63, 3.8) is 0 Å². The summed E-state index contributed by atoms with van der Waals surface area (Å²) in [5, 5.41) is 12.8. The Morgan fingerprint density at radius 2 is 0.964 bits per heavy atom. The molecule has 2 aromatic rings. The predicted molar refractivity (Wildman–Crippen MR) is 110 cm³/mol. The summed E-state index contributed by atoms with van der Waals surface area (Å²) in [5.41, 5.74) is 2.28. The molecular formula is C22H28N4O2. The number of rotatable bonds is 2. The Bertz CT molecular complexity index is 686. The lowest BCUT2D eigenvalue weighted by atomic mass is 9.93. The van der Waals surface area contributed by atoms with Gasteiger partial charge in [-0.25, -0.2) is 0 Å². The maximum Gasteiger partial charge on any atom is 0.221 e. The number of hydrogen-bond donors (Lipinski definition) is 4. The van der Waals surface area contributed by atoms with E-state index >= 15 is 0 Å². The van der Waals surface area contributed by atoms with Crippen molar-refractivity contribution >= 4 is 11.8 Å². The first-order valence-electron chi connectivity index (χ1n) is 9.84. The molecule has 2 atom stereocenters. The van der Waals surface area contributed by atoms with Crippen LogP contribution in [0.25, 0.3) is 0 Å². The second-order valence-corrected chi connectivity index (χ2v) is 6.88. The van der Waals surface area contributed by atoms with E-state index in [1.54, 1.807) is 0 Å². The van der Waals surface area contributed by atoms with Gasteiger partial charge in [0.2, 0.25) is 11.8 Å². The third-order valence-corrected chi connectivity index (χ3v) is 4.85. The second-order valence-electron chi connectivity index (χ2n) is 6.88. The molecule has 4 N–H and O–H groups in total. The number of amides is 2. The SMILES string of the molecule is O=C1CCNC(c2ccccc2)[C@H](c2ccccc2)NCCC(=O)NCCN1. The van der Waals surface area contributed by atoms with Crippen LogP contribution in [0.2, 0.25) is 0 Å². The molecule has 148 valence electrons. The molecule has 1 saturated heterocycles. The Labute approximate surface area is 166 Å². The van der Waals surface area contributed by atoms with Gasteiger partial charge in [0, 0.05) is 39.0 Å². The summed E-state index contributed by atoms with van der Waals surface area (Å²) in [6.45, 7) is 2.05. The fourth-order valence-corrected chi connectivity index (χ4v) is 3.44. The van der Waals surface area contributed by atoms with Gasteiger partial charge in [0.05, 0.1) is 12.1 Å². The van der Waals surface area contributed by atoms with E-state index in [-0.39, 0.29) is 23.9 Å². The first-order chi connectivity index (χ1) is 13.7. The molecule has 1 aliphatic heterocycles. The lowest BCUT2D eigenvalue weighted by Gasteiger charge is -2.30. The topological polar surface area (TPSA) is 82.3 Å². The summed E-state index contributed by atoms with van der Waals surface area (Å²) < 4.78 is 0. The van der Waals surface area contributed by atoms with Crippen molar-refractivity contribution in [2.75, 3.05) is 26.2 Å². The van der Waals surface area contributed by atoms with Crippen LogP contribution in [-0.2, 0) is 9.59 Å². The molecule has 1 unspecified atom stereocenters. The Kier molecular flexibility index (Phi) is 7.58. The quantitative estimate of drug-likeness (QED) is 0.639. The molecule has 28 heavy (non-hydrogen) atoms. The van der Waals surface area contributed by atoms with Crippen molar-refractivity contribution < 1.29 is 9.59 Å². The zero-order valence-corrected chi connectivity index (χ0v) is 16.0. The van der Waals surface area contributed by atoms with Crippen molar-refractivity contribution in [1.82, 2.24) is 21.3 Å². The molecule has 1 heterocycles. The van der Waals surface area contributed by atoms with Crippen LogP contribution < -0.4 is 21.3 Å². The van der Waals surface area contributed by atoms with Crippen LogP contribution in [0.5, 0.6) is 0 Å². The highest BCUT2D eigenvalue weighted by molar-refractivity contribution is 5.77. The van der Waals surface area contributed by atoms with Gasteiger partial charge in [-0.3, -0.25) is 9.59 Å². The van der Waals surface area contributed by atoms with Gasteiger partial charge in [-0.05, 0) is 11.1 Å². The molecular weight excluding hydrogens is 352 g/mol. The molecule has 0 aliphatic carbocycles. The van der Waals surface area contributed by atoms with Crippen LogP contribution in [0.4, 0.5) is 0 Å². The molecule has 0 saturated carbocycles. The first kappa shape index (κ1) is 20.0. The minimum atomic E-state index is -0.0256. The standard InChI is InChI=1S/C22H28N4O2/c27-19-11-13-25-21(17-7-3-1-4-8-17)22(18-9-5-2-6-10-18)26-14-12-20(28)24-16-15-23-19/h1-10,21-22,25-26H,11-16H2,(H,23,27)(H,24,28)/t21-,22?/m0/s1. The highest BCUT2D eigenvalue weighted by Crippen LogP contribution is 2.29. The molecule has 1 aliphatic rings. The van der Waals surface area contributed by atoms with Crippen LogP contribution in [-0.4, -0.2) is 38.0 Å². The van der Waals surface area contributed by atoms with Gasteiger partial charge in [0.15, 0.2) is 0 Å². The minimum absolute atomic E-state index is 0.0187. The van der Waals surface area contributed by atoms with Crippen LogP contribution in [0, 0.1) is 0 Å². The molecule has 0 aromatic heterocycles. The van der Waals surface area contributed by atoms with E-state index in [2.05, 4.69) is 45.5 Å². The summed E-state index contributed by atoms with van der Waals surface area (Å²) in [5.74, 6) is -0.0373. The van der Waals surface area contributed by atoms with E-state index in [9.17, 15) is 9.59 Å². The van der Waals surface area contributed by atoms with Gasteiger partial charge in [-0.1, -0.05) is 60.7 Å². The molecule has 0 spiro atoms. The van der Waals surface area contributed by atoms with Crippen LogP contribution in [0.15, 0.2) is 60.7 Å². The first-order valence-corrected chi connectivity index (χ1v) is 9.84. The van der Waals surface area contributed by atoms with E-state index in [1.165, 1.54) is 0 Å². The fraction of sp³-hybridized carbons (Fsp3) is 0.364. The molecule has 3 rings (SSSR count). The number of nitrogens with one attached hydrogen (secondary N) is 4. The van der Waals surface area contributed by atoms with Crippen molar-refractivity contribution in [2.45, 2.75) is 24.9 Å². The molecule has 6 nitrogen and oxygen atoms in total. The van der Waals surface area contributed by atoms with Gasteiger partial charge >= 0.3 is 0 Å². The molecule has 2 amide bonds. The number of hydrogen-bond acceptors (Lipinski definition) is 4. The third kappa shape index (κ3) is 5.90. The van der Waals surface area contributed by atoms with Crippen LogP contribution in [0.1, 0.15) is 36.1 Å². The van der Waals surface area contributed by atoms with Crippen molar-refractivity contribution in [1.29, 1.82) is 0 Å². The summed E-state index contributed by atoms with van der Waals surface area (Å²) in [6, 6.07) is 20.4. The zero-order chi connectivity index (χ0) is 19.6. The summed E-state index contributed by atoms with van der Waals surface area (Å²) in [7, 11) is 0.